The van der Waals surface area contributed by atoms with Crippen LogP contribution in [-0.2, 0) is 21.4 Å². The lowest BCUT2D eigenvalue weighted by Crippen LogP contribution is -2.33. The summed E-state index contributed by atoms with van der Waals surface area (Å²) in [6.45, 7) is 3.84. The van der Waals surface area contributed by atoms with E-state index in [0.717, 1.165) is 23.1 Å². The van der Waals surface area contributed by atoms with Gasteiger partial charge in [-0.05, 0) is 31.0 Å². The fourth-order valence-corrected chi connectivity index (χ4v) is 2.24. The minimum atomic E-state index is -0.483. The SMILES string of the molecule is CN1C(=O)C(C)(C)c2cc(CC=O)ccc21. The number of amides is 1. The fourth-order valence-electron chi connectivity index (χ4n) is 2.24. The number of hydrogen-bond acceptors (Lipinski definition) is 2. The molecular weight excluding hydrogens is 202 g/mol. The Balaban J connectivity index is 2.56. The van der Waals surface area contributed by atoms with E-state index in [1.54, 1.807) is 11.9 Å². The van der Waals surface area contributed by atoms with Crippen molar-refractivity contribution >= 4 is 17.9 Å². The fraction of sp³-hybridized carbons (Fsp3) is 0.385. The zero-order chi connectivity index (χ0) is 11.9. The van der Waals surface area contributed by atoms with Crippen LogP contribution < -0.4 is 4.90 Å². The summed E-state index contributed by atoms with van der Waals surface area (Å²) in [5.74, 6) is 0.103. The van der Waals surface area contributed by atoms with Crippen LogP contribution in [0, 0.1) is 0 Å². The monoisotopic (exact) mass is 217 g/mol. The van der Waals surface area contributed by atoms with Gasteiger partial charge in [0.2, 0.25) is 5.91 Å². The Morgan fingerprint density at radius 1 is 1.38 bits per heavy atom. The Morgan fingerprint density at radius 2 is 2.06 bits per heavy atom. The highest BCUT2D eigenvalue weighted by molar-refractivity contribution is 6.07. The van der Waals surface area contributed by atoms with Gasteiger partial charge < -0.3 is 9.69 Å². The summed E-state index contributed by atoms with van der Waals surface area (Å²) in [6, 6.07) is 5.78. The molecule has 0 aliphatic carbocycles. The molecule has 0 aromatic heterocycles. The van der Waals surface area contributed by atoms with Crippen LogP contribution >= 0.6 is 0 Å². The highest BCUT2D eigenvalue weighted by Gasteiger charge is 2.41. The van der Waals surface area contributed by atoms with Gasteiger partial charge >= 0.3 is 0 Å². The lowest BCUT2D eigenvalue weighted by atomic mass is 9.85. The van der Waals surface area contributed by atoms with Gasteiger partial charge in [-0.25, -0.2) is 0 Å². The number of anilines is 1. The molecule has 1 aromatic carbocycles. The van der Waals surface area contributed by atoms with E-state index in [2.05, 4.69) is 0 Å². The zero-order valence-electron chi connectivity index (χ0n) is 9.78. The second-order valence-corrected chi connectivity index (χ2v) is 4.71. The van der Waals surface area contributed by atoms with Crippen LogP contribution in [0.2, 0.25) is 0 Å². The number of rotatable bonds is 2. The van der Waals surface area contributed by atoms with Crippen molar-refractivity contribution in [1.82, 2.24) is 0 Å². The Kier molecular flexibility index (Phi) is 2.34. The quantitative estimate of drug-likeness (QED) is 0.707. The van der Waals surface area contributed by atoms with Gasteiger partial charge in [0.15, 0.2) is 0 Å². The highest BCUT2D eigenvalue weighted by Crippen LogP contribution is 2.40. The lowest BCUT2D eigenvalue weighted by molar-refractivity contribution is -0.121. The highest BCUT2D eigenvalue weighted by atomic mass is 16.2. The second-order valence-electron chi connectivity index (χ2n) is 4.71. The van der Waals surface area contributed by atoms with Crippen LogP contribution in [-0.4, -0.2) is 19.2 Å². The number of likely N-dealkylation sites (N-methyl/N-ethyl adjacent to an activating group) is 1. The third-order valence-corrected chi connectivity index (χ3v) is 3.25. The second kappa shape index (κ2) is 3.44. The van der Waals surface area contributed by atoms with Crippen molar-refractivity contribution in [3.63, 3.8) is 0 Å². The molecule has 16 heavy (non-hydrogen) atoms. The van der Waals surface area contributed by atoms with Crippen LogP contribution in [0.4, 0.5) is 5.69 Å². The summed E-state index contributed by atoms with van der Waals surface area (Å²) in [5.41, 5.74) is 2.44. The third kappa shape index (κ3) is 1.35. The van der Waals surface area contributed by atoms with Crippen LogP contribution in [0.5, 0.6) is 0 Å². The van der Waals surface area contributed by atoms with E-state index >= 15 is 0 Å². The molecule has 1 aromatic rings. The van der Waals surface area contributed by atoms with Gasteiger partial charge in [0.25, 0.3) is 0 Å². The van der Waals surface area contributed by atoms with Gasteiger partial charge in [-0.15, -0.1) is 0 Å². The van der Waals surface area contributed by atoms with Crippen molar-refractivity contribution in [2.75, 3.05) is 11.9 Å². The van der Waals surface area contributed by atoms with Crippen molar-refractivity contribution in [2.24, 2.45) is 0 Å². The number of carbonyl (C=O) groups is 2. The predicted molar refractivity (Wildman–Crippen MR) is 62.6 cm³/mol. The maximum Gasteiger partial charge on any atom is 0.236 e. The molecule has 3 heteroatoms. The normalized spacial score (nSPS) is 17.4. The third-order valence-electron chi connectivity index (χ3n) is 3.25. The minimum absolute atomic E-state index is 0.103. The predicted octanol–water partition coefficient (Wildman–Crippen LogP) is 1.68. The number of nitrogens with zero attached hydrogens (tertiary/aromatic N) is 1. The van der Waals surface area contributed by atoms with Gasteiger partial charge in [0.1, 0.15) is 6.29 Å². The molecule has 2 rings (SSSR count). The summed E-state index contributed by atoms with van der Waals surface area (Å²) in [4.78, 5) is 24.2. The van der Waals surface area contributed by atoms with E-state index in [-0.39, 0.29) is 5.91 Å². The molecular formula is C13H15NO2. The first-order valence-corrected chi connectivity index (χ1v) is 5.33. The Bertz CT molecular complexity index is 463. The zero-order valence-corrected chi connectivity index (χ0v) is 9.78. The molecule has 84 valence electrons. The maximum absolute atomic E-state index is 12.0. The average Bonchev–Trinajstić information content (AvgIpc) is 2.42. The molecule has 0 spiro atoms. The molecule has 1 heterocycles. The van der Waals surface area contributed by atoms with Crippen LogP contribution in [0.3, 0.4) is 0 Å². The van der Waals surface area contributed by atoms with E-state index in [0.29, 0.717) is 6.42 Å². The van der Waals surface area contributed by atoms with Gasteiger partial charge in [-0.3, -0.25) is 4.79 Å². The Labute approximate surface area is 95.1 Å². The minimum Gasteiger partial charge on any atom is -0.314 e. The van der Waals surface area contributed by atoms with Crippen LogP contribution in [0.25, 0.3) is 0 Å². The molecule has 0 saturated carbocycles. The Hall–Kier alpha value is -1.64. The van der Waals surface area contributed by atoms with E-state index < -0.39 is 5.41 Å². The van der Waals surface area contributed by atoms with Gasteiger partial charge in [-0.1, -0.05) is 12.1 Å². The standard InChI is InChI=1S/C13H15NO2/c1-13(2)10-8-9(6-7-15)4-5-11(10)14(3)12(13)16/h4-5,7-8H,6H2,1-3H3. The molecule has 3 nitrogen and oxygen atoms in total. The lowest BCUT2D eigenvalue weighted by Gasteiger charge is -2.16. The van der Waals surface area contributed by atoms with Crippen molar-refractivity contribution in [2.45, 2.75) is 25.7 Å². The molecule has 1 aliphatic rings. The number of carbonyl (C=O) groups excluding carboxylic acids is 2. The molecule has 0 fully saturated rings. The molecule has 1 amide bonds. The van der Waals surface area contributed by atoms with E-state index in [4.69, 9.17) is 0 Å². The first-order valence-electron chi connectivity index (χ1n) is 5.33. The topological polar surface area (TPSA) is 37.4 Å². The van der Waals surface area contributed by atoms with Crippen molar-refractivity contribution in [3.05, 3.63) is 29.3 Å². The molecule has 0 saturated heterocycles. The van der Waals surface area contributed by atoms with E-state index in [1.165, 1.54) is 0 Å². The number of aldehydes is 1. The Morgan fingerprint density at radius 3 is 2.69 bits per heavy atom. The van der Waals surface area contributed by atoms with Crippen LogP contribution in [0.15, 0.2) is 18.2 Å². The van der Waals surface area contributed by atoms with Crippen LogP contribution in [0.1, 0.15) is 25.0 Å². The maximum atomic E-state index is 12.0. The van der Waals surface area contributed by atoms with E-state index in [9.17, 15) is 9.59 Å². The van der Waals surface area contributed by atoms with Gasteiger partial charge in [0.05, 0.1) is 5.41 Å². The molecule has 0 unspecified atom stereocenters. The average molecular weight is 217 g/mol. The molecule has 0 N–H and O–H groups in total. The summed E-state index contributed by atoms with van der Waals surface area (Å²) in [7, 11) is 1.79. The molecule has 1 aliphatic heterocycles. The summed E-state index contributed by atoms with van der Waals surface area (Å²) < 4.78 is 0. The number of benzene rings is 1. The molecule has 0 bridgehead atoms. The van der Waals surface area contributed by atoms with Gasteiger partial charge in [0, 0.05) is 19.2 Å². The summed E-state index contributed by atoms with van der Waals surface area (Å²) >= 11 is 0. The molecule has 0 radical (unpaired) electrons. The van der Waals surface area contributed by atoms with Crippen molar-refractivity contribution in [1.29, 1.82) is 0 Å². The number of hydrogen-bond donors (Lipinski definition) is 0. The van der Waals surface area contributed by atoms with Crippen molar-refractivity contribution < 1.29 is 9.59 Å². The summed E-state index contributed by atoms with van der Waals surface area (Å²) in [5, 5.41) is 0. The summed E-state index contributed by atoms with van der Waals surface area (Å²) in [6.07, 6.45) is 1.29. The van der Waals surface area contributed by atoms with E-state index in [1.807, 2.05) is 32.0 Å². The first kappa shape index (κ1) is 10.9. The smallest absolute Gasteiger partial charge is 0.236 e. The van der Waals surface area contributed by atoms with Crippen molar-refractivity contribution in [3.8, 4) is 0 Å². The first-order chi connectivity index (χ1) is 7.48. The number of fused-ring (bicyclic) bond motifs is 1. The largest absolute Gasteiger partial charge is 0.314 e. The van der Waals surface area contributed by atoms with Gasteiger partial charge in [-0.2, -0.15) is 0 Å². The molecule has 0 atom stereocenters.